The monoisotopic (exact) mass is 525 g/mol. The number of amides is 1. The lowest BCUT2D eigenvalue weighted by atomic mass is 9.98. The summed E-state index contributed by atoms with van der Waals surface area (Å²) in [6.07, 6.45) is 2.43. The van der Waals surface area contributed by atoms with Gasteiger partial charge in [0.15, 0.2) is 0 Å². The smallest absolute Gasteiger partial charge is 0.224 e. The molecule has 0 aliphatic carbocycles. The highest BCUT2D eigenvalue weighted by Gasteiger charge is 2.28. The van der Waals surface area contributed by atoms with Crippen LogP contribution in [0.15, 0.2) is 48.5 Å². The molecule has 3 rings (SSSR count). The molecule has 2 aromatic carbocycles. The number of carbonyl (C=O) groups excluding carboxylic acids is 1. The van der Waals surface area contributed by atoms with Crippen molar-refractivity contribution in [2.75, 3.05) is 5.75 Å². The topological polar surface area (TPSA) is 67.2 Å². The van der Waals surface area contributed by atoms with E-state index in [0.29, 0.717) is 23.9 Å². The summed E-state index contributed by atoms with van der Waals surface area (Å²) in [5.41, 5.74) is 3.05. The van der Waals surface area contributed by atoms with Crippen LogP contribution in [0.2, 0.25) is 0 Å². The predicted octanol–water partition coefficient (Wildman–Crippen LogP) is 6.13. The number of nitrogens with one attached hydrogen (secondary N) is 1. The summed E-state index contributed by atoms with van der Waals surface area (Å²) in [5, 5.41) is 14.0. The Kier molecular flexibility index (Phi) is 9.96. The highest BCUT2D eigenvalue weighted by molar-refractivity contribution is 7.80. The van der Waals surface area contributed by atoms with Gasteiger partial charge in [0, 0.05) is 24.6 Å². The third-order valence-electron chi connectivity index (χ3n) is 6.43. The first-order chi connectivity index (χ1) is 17.5. The van der Waals surface area contributed by atoms with Crippen molar-refractivity contribution in [3.05, 3.63) is 77.1 Å². The molecular formula is C30H40FN3O2S. The number of aryl methyl sites for hydroxylation is 1. The van der Waals surface area contributed by atoms with Crippen LogP contribution >= 0.6 is 12.6 Å². The molecule has 1 unspecified atom stereocenters. The minimum atomic E-state index is -1.16. The number of halogens is 1. The van der Waals surface area contributed by atoms with Gasteiger partial charge in [-0.25, -0.2) is 9.37 Å². The number of nitrogens with zero attached hydrogens (tertiary/aromatic N) is 2. The Labute approximate surface area is 225 Å². The van der Waals surface area contributed by atoms with E-state index in [9.17, 15) is 14.3 Å². The summed E-state index contributed by atoms with van der Waals surface area (Å²) >= 11 is 4.40. The molecule has 37 heavy (non-hydrogen) atoms. The van der Waals surface area contributed by atoms with Crippen LogP contribution in [0.25, 0.3) is 11.1 Å². The molecule has 0 saturated carbocycles. The predicted molar refractivity (Wildman–Crippen MR) is 151 cm³/mol. The number of aromatic nitrogens is 2. The normalized spacial score (nSPS) is 12.7. The zero-order valence-electron chi connectivity index (χ0n) is 22.6. The Balaban J connectivity index is 1.92. The lowest BCUT2D eigenvalue weighted by molar-refractivity contribution is -0.125. The van der Waals surface area contributed by atoms with Crippen LogP contribution in [0.3, 0.4) is 0 Å². The van der Waals surface area contributed by atoms with Gasteiger partial charge in [-0.15, -0.1) is 0 Å². The third kappa shape index (κ3) is 7.68. The molecule has 0 bridgehead atoms. The van der Waals surface area contributed by atoms with E-state index in [2.05, 4.69) is 43.3 Å². The quantitative estimate of drug-likeness (QED) is 0.249. The van der Waals surface area contributed by atoms with Gasteiger partial charge in [-0.3, -0.25) is 4.79 Å². The van der Waals surface area contributed by atoms with Crippen LogP contribution in [0, 0.1) is 17.7 Å². The number of carbonyl (C=O) groups is 1. The maximum Gasteiger partial charge on any atom is 0.224 e. The molecule has 0 saturated heterocycles. The molecule has 0 fully saturated rings. The van der Waals surface area contributed by atoms with Crippen molar-refractivity contribution in [3.8, 4) is 11.1 Å². The molecule has 1 heterocycles. The van der Waals surface area contributed by atoms with Gasteiger partial charge < -0.3 is 15.0 Å². The van der Waals surface area contributed by atoms with E-state index in [-0.39, 0.29) is 24.2 Å². The number of benzene rings is 2. The Bertz CT molecular complexity index is 1180. The number of hydrogen-bond acceptors (Lipinski definition) is 4. The van der Waals surface area contributed by atoms with Crippen LogP contribution in [0.5, 0.6) is 0 Å². The first kappa shape index (κ1) is 28.9. The largest absolute Gasteiger partial charge is 0.384 e. The Morgan fingerprint density at radius 3 is 2.43 bits per heavy atom. The molecule has 1 amide bonds. The molecule has 0 radical (unpaired) electrons. The number of rotatable bonds is 12. The minimum Gasteiger partial charge on any atom is -0.384 e. The van der Waals surface area contributed by atoms with Crippen molar-refractivity contribution in [2.45, 2.75) is 72.6 Å². The average molecular weight is 526 g/mol. The second kappa shape index (κ2) is 12.7. The first-order valence-corrected chi connectivity index (χ1v) is 13.7. The molecule has 2 N–H and O–H groups in total. The molecule has 5 nitrogen and oxygen atoms in total. The lowest BCUT2D eigenvalue weighted by Gasteiger charge is -2.21. The average Bonchev–Trinajstić information content (AvgIpc) is 3.19. The third-order valence-corrected chi connectivity index (χ3v) is 6.88. The van der Waals surface area contributed by atoms with E-state index < -0.39 is 5.60 Å². The highest BCUT2D eigenvalue weighted by Crippen LogP contribution is 2.27. The van der Waals surface area contributed by atoms with Crippen molar-refractivity contribution < 1.29 is 14.3 Å². The van der Waals surface area contributed by atoms with Gasteiger partial charge in [0.2, 0.25) is 5.91 Å². The first-order valence-electron chi connectivity index (χ1n) is 13.1. The van der Waals surface area contributed by atoms with E-state index in [0.717, 1.165) is 47.5 Å². The second-order valence-electron chi connectivity index (χ2n) is 10.7. The molecule has 0 aliphatic rings. The maximum atomic E-state index is 13.7. The van der Waals surface area contributed by atoms with E-state index >= 15 is 0 Å². The van der Waals surface area contributed by atoms with Gasteiger partial charge in [0.1, 0.15) is 17.2 Å². The van der Waals surface area contributed by atoms with Gasteiger partial charge in [0.25, 0.3) is 0 Å². The number of imidazole rings is 1. The van der Waals surface area contributed by atoms with E-state index in [1.54, 1.807) is 19.9 Å². The van der Waals surface area contributed by atoms with Crippen LogP contribution in [0.4, 0.5) is 4.39 Å². The molecule has 0 spiro atoms. The SMILES string of the molecule is CCCc1nc(C(C)(C)O)c(CNC(=O)C(CS)CC(C)C)n1Cc1ccc(-c2cccc(F)c2)cc1. The maximum absolute atomic E-state index is 13.7. The fraction of sp³-hybridized carbons (Fsp3) is 0.467. The van der Waals surface area contributed by atoms with Gasteiger partial charge in [-0.2, -0.15) is 12.6 Å². The van der Waals surface area contributed by atoms with Crippen LogP contribution in [-0.4, -0.2) is 26.3 Å². The Morgan fingerprint density at radius 1 is 1.16 bits per heavy atom. The minimum absolute atomic E-state index is 0.0327. The summed E-state index contributed by atoms with van der Waals surface area (Å²) in [4.78, 5) is 17.8. The van der Waals surface area contributed by atoms with Gasteiger partial charge in [-0.1, -0.05) is 57.2 Å². The van der Waals surface area contributed by atoms with Crippen molar-refractivity contribution in [3.63, 3.8) is 0 Å². The summed E-state index contributed by atoms with van der Waals surface area (Å²) in [5.74, 6) is 1.30. The number of hydrogen-bond donors (Lipinski definition) is 3. The molecule has 7 heteroatoms. The zero-order valence-corrected chi connectivity index (χ0v) is 23.5. The summed E-state index contributed by atoms with van der Waals surface area (Å²) in [6, 6.07) is 14.6. The summed E-state index contributed by atoms with van der Waals surface area (Å²) in [7, 11) is 0. The lowest BCUT2D eigenvalue weighted by Crippen LogP contribution is -2.34. The zero-order chi connectivity index (χ0) is 27.2. The Morgan fingerprint density at radius 2 is 1.86 bits per heavy atom. The fourth-order valence-corrected chi connectivity index (χ4v) is 4.92. The van der Waals surface area contributed by atoms with E-state index in [4.69, 9.17) is 4.98 Å². The van der Waals surface area contributed by atoms with Crippen molar-refractivity contribution in [2.24, 2.45) is 11.8 Å². The van der Waals surface area contributed by atoms with Crippen molar-refractivity contribution in [1.82, 2.24) is 14.9 Å². The fourth-order valence-electron chi connectivity index (χ4n) is 4.61. The van der Waals surface area contributed by atoms with Crippen LogP contribution < -0.4 is 5.32 Å². The number of aliphatic hydroxyl groups is 1. The molecule has 3 aromatic rings. The van der Waals surface area contributed by atoms with E-state index in [1.165, 1.54) is 12.1 Å². The number of thiol groups is 1. The summed E-state index contributed by atoms with van der Waals surface area (Å²) < 4.78 is 15.8. The molecule has 200 valence electrons. The van der Waals surface area contributed by atoms with E-state index in [1.807, 2.05) is 30.3 Å². The molecule has 1 aromatic heterocycles. The van der Waals surface area contributed by atoms with Crippen LogP contribution in [-0.2, 0) is 29.9 Å². The highest BCUT2D eigenvalue weighted by atomic mass is 32.1. The van der Waals surface area contributed by atoms with Crippen molar-refractivity contribution >= 4 is 18.5 Å². The van der Waals surface area contributed by atoms with Gasteiger partial charge >= 0.3 is 0 Å². The molecule has 1 atom stereocenters. The van der Waals surface area contributed by atoms with Gasteiger partial charge in [0.05, 0.1) is 17.9 Å². The van der Waals surface area contributed by atoms with Crippen LogP contribution in [0.1, 0.15) is 70.2 Å². The second-order valence-corrected chi connectivity index (χ2v) is 11.0. The Hall–Kier alpha value is -2.64. The molecular weight excluding hydrogens is 485 g/mol. The standard InChI is InChI=1S/C30H40FN3O2S/c1-6-8-27-33-28(30(4,5)36)26(17-32-29(35)24(19-37)15-20(2)3)34(27)18-21-11-13-22(14-12-21)23-9-7-10-25(31)16-23/h7,9-14,16,20,24,36-37H,6,8,15,17-19H2,1-5H3,(H,32,35). The molecule has 0 aliphatic heterocycles. The van der Waals surface area contributed by atoms with Crippen molar-refractivity contribution in [1.29, 1.82) is 0 Å². The van der Waals surface area contributed by atoms with Gasteiger partial charge in [-0.05, 0) is 61.4 Å². The summed E-state index contributed by atoms with van der Waals surface area (Å²) in [6.45, 7) is 10.6.